The first-order valence-corrected chi connectivity index (χ1v) is 6.49. The summed E-state index contributed by atoms with van der Waals surface area (Å²) in [5.41, 5.74) is 5.20. The fraction of sp³-hybridized carbons (Fsp3) is 0.909. The number of rotatable bonds is 4. The van der Waals surface area contributed by atoms with E-state index in [4.69, 9.17) is 5.73 Å². The Labute approximate surface area is 111 Å². The first kappa shape index (κ1) is 15.7. The van der Waals surface area contributed by atoms with Gasteiger partial charge in [-0.05, 0) is 13.5 Å². The number of likely N-dealkylation sites (N-methyl/N-ethyl adjacent to an activating group) is 1. The van der Waals surface area contributed by atoms with Crippen molar-refractivity contribution in [1.29, 1.82) is 0 Å². The number of nitrogens with zero attached hydrogens (tertiary/aromatic N) is 2. The van der Waals surface area contributed by atoms with Crippen LogP contribution in [0.3, 0.4) is 0 Å². The molecule has 0 aromatic rings. The van der Waals surface area contributed by atoms with E-state index in [-0.39, 0.29) is 12.6 Å². The van der Waals surface area contributed by atoms with Crippen LogP contribution in [0.25, 0.3) is 0 Å². The lowest BCUT2D eigenvalue weighted by Gasteiger charge is -2.40. The minimum atomic E-state index is -4.35. The zero-order chi connectivity index (χ0) is 13.9. The third kappa shape index (κ3) is 4.07. The van der Waals surface area contributed by atoms with Crippen LogP contribution in [-0.4, -0.2) is 59.7 Å². The second-order valence-electron chi connectivity index (χ2n) is 4.73. The molecule has 2 unspecified atom stereocenters. The maximum atomic E-state index is 12.8. The molecule has 1 rings (SSSR count). The normalized spacial score (nSPS) is 25.1. The predicted molar refractivity (Wildman–Crippen MR) is 69.5 cm³/mol. The standard InChI is InChI=1S/C11H20F3N3S/c1-3-17-5-4-16(6-8(17)2)7-9(10(15)18)11(12,13)14/h8-9H,3-7H2,1-2H3,(H2,15,18). The third-order valence-corrected chi connectivity index (χ3v) is 3.72. The van der Waals surface area contributed by atoms with Crippen LogP contribution >= 0.6 is 12.2 Å². The fourth-order valence-electron chi connectivity index (χ4n) is 2.32. The molecular formula is C11H20F3N3S. The van der Waals surface area contributed by atoms with Crippen molar-refractivity contribution in [1.82, 2.24) is 9.80 Å². The number of halogens is 3. The van der Waals surface area contributed by atoms with Crippen LogP contribution in [0.4, 0.5) is 13.2 Å². The van der Waals surface area contributed by atoms with E-state index in [9.17, 15) is 13.2 Å². The van der Waals surface area contributed by atoms with E-state index in [1.54, 1.807) is 4.90 Å². The SMILES string of the molecule is CCN1CCN(CC(C(N)=S)C(F)(F)F)CC1C. The molecule has 2 N–H and O–H groups in total. The highest BCUT2D eigenvalue weighted by molar-refractivity contribution is 7.80. The van der Waals surface area contributed by atoms with E-state index in [1.165, 1.54) is 0 Å². The van der Waals surface area contributed by atoms with Gasteiger partial charge in [0.05, 0.1) is 4.99 Å². The van der Waals surface area contributed by atoms with E-state index in [0.29, 0.717) is 13.1 Å². The summed E-state index contributed by atoms with van der Waals surface area (Å²) in [6.07, 6.45) is -4.35. The molecule has 7 heteroatoms. The third-order valence-electron chi connectivity index (χ3n) is 3.43. The number of thiocarbonyl (C=S) groups is 1. The molecule has 0 aromatic heterocycles. The Balaban J connectivity index is 2.59. The molecule has 0 aromatic carbocycles. The maximum absolute atomic E-state index is 12.8. The van der Waals surface area contributed by atoms with Crippen LogP contribution in [0, 0.1) is 5.92 Å². The highest BCUT2D eigenvalue weighted by Crippen LogP contribution is 2.28. The molecule has 0 saturated carbocycles. The summed E-state index contributed by atoms with van der Waals surface area (Å²) in [5, 5.41) is 0. The van der Waals surface area contributed by atoms with E-state index >= 15 is 0 Å². The highest BCUT2D eigenvalue weighted by atomic mass is 32.1. The minimum Gasteiger partial charge on any atom is -0.393 e. The molecule has 0 bridgehead atoms. The van der Waals surface area contributed by atoms with Crippen molar-refractivity contribution in [3.05, 3.63) is 0 Å². The molecule has 0 amide bonds. The summed E-state index contributed by atoms with van der Waals surface area (Å²) in [6, 6.07) is 0.268. The van der Waals surface area contributed by atoms with Gasteiger partial charge in [-0.25, -0.2) is 0 Å². The summed E-state index contributed by atoms with van der Waals surface area (Å²) in [7, 11) is 0. The zero-order valence-electron chi connectivity index (χ0n) is 10.7. The van der Waals surface area contributed by atoms with Gasteiger partial charge in [0.25, 0.3) is 0 Å². The Morgan fingerprint density at radius 1 is 1.44 bits per heavy atom. The molecule has 106 valence electrons. The molecule has 3 nitrogen and oxygen atoms in total. The molecule has 18 heavy (non-hydrogen) atoms. The summed E-state index contributed by atoms with van der Waals surface area (Å²) in [5.74, 6) is -1.70. The van der Waals surface area contributed by atoms with Gasteiger partial charge in [0.2, 0.25) is 0 Å². The average molecular weight is 283 g/mol. The van der Waals surface area contributed by atoms with Gasteiger partial charge in [0.15, 0.2) is 0 Å². The number of alkyl halides is 3. The summed E-state index contributed by atoms with van der Waals surface area (Å²) in [6.45, 7) is 6.93. The zero-order valence-corrected chi connectivity index (χ0v) is 11.5. The Morgan fingerprint density at radius 3 is 2.44 bits per heavy atom. The van der Waals surface area contributed by atoms with Crippen molar-refractivity contribution in [3.63, 3.8) is 0 Å². The van der Waals surface area contributed by atoms with Crippen molar-refractivity contribution >= 4 is 17.2 Å². The molecule has 0 spiro atoms. The molecule has 1 aliphatic rings. The number of hydrogen-bond donors (Lipinski definition) is 1. The first-order valence-electron chi connectivity index (χ1n) is 6.08. The molecule has 1 heterocycles. The van der Waals surface area contributed by atoms with Gasteiger partial charge in [-0.3, -0.25) is 9.80 Å². The van der Waals surface area contributed by atoms with Crippen molar-refractivity contribution in [3.8, 4) is 0 Å². The maximum Gasteiger partial charge on any atom is 0.399 e. The lowest BCUT2D eigenvalue weighted by molar-refractivity contribution is -0.160. The van der Waals surface area contributed by atoms with Crippen LogP contribution in [-0.2, 0) is 0 Å². The predicted octanol–water partition coefficient (Wildman–Crippen LogP) is 1.48. The van der Waals surface area contributed by atoms with E-state index in [1.807, 2.05) is 6.92 Å². The summed E-state index contributed by atoms with van der Waals surface area (Å²) >= 11 is 4.53. The Morgan fingerprint density at radius 2 is 2.06 bits per heavy atom. The van der Waals surface area contributed by atoms with E-state index in [2.05, 4.69) is 24.0 Å². The molecule has 2 atom stereocenters. The fourth-order valence-corrected chi connectivity index (χ4v) is 2.53. The van der Waals surface area contributed by atoms with Crippen molar-refractivity contribution < 1.29 is 13.2 Å². The average Bonchev–Trinajstić information content (AvgIpc) is 2.24. The highest BCUT2D eigenvalue weighted by Gasteiger charge is 2.43. The molecule has 1 aliphatic heterocycles. The van der Waals surface area contributed by atoms with Gasteiger partial charge in [0, 0.05) is 32.2 Å². The Hall–Kier alpha value is -0.400. The molecule has 0 radical (unpaired) electrons. The van der Waals surface area contributed by atoms with Crippen LogP contribution in [0.2, 0.25) is 0 Å². The van der Waals surface area contributed by atoms with Gasteiger partial charge in [0.1, 0.15) is 5.92 Å². The minimum absolute atomic E-state index is 0.124. The molecule has 1 fully saturated rings. The molecular weight excluding hydrogens is 263 g/mol. The van der Waals surface area contributed by atoms with Gasteiger partial charge in [-0.15, -0.1) is 0 Å². The van der Waals surface area contributed by atoms with Gasteiger partial charge >= 0.3 is 6.18 Å². The molecule has 1 saturated heterocycles. The van der Waals surface area contributed by atoms with Gasteiger partial charge in [-0.2, -0.15) is 13.2 Å². The van der Waals surface area contributed by atoms with E-state index < -0.39 is 17.1 Å². The first-order chi connectivity index (χ1) is 8.25. The van der Waals surface area contributed by atoms with Gasteiger partial charge in [-0.1, -0.05) is 19.1 Å². The number of nitrogens with two attached hydrogens (primary N) is 1. The quantitative estimate of drug-likeness (QED) is 0.792. The smallest absolute Gasteiger partial charge is 0.393 e. The lowest BCUT2D eigenvalue weighted by Crippen LogP contribution is -2.54. The number of hydrogen-bond acceptors (Lipinski definition) is 3. The van der Waals surface area contributed by atoms with E-state index in [0.717, 1.165) is 13.1 Å². The Bertz CT molecular complexity index is 296. The van der Waals surface area contributed by atoms with Crippen LogP contribution in [0.5, 0.6) is 0 Å². The second kappa shape index (κ2) is 6.16. The second-order valence-corrected chi connectivity index (χ2v) is 5.21. The number of piperazine rings is 1. The van der Waals surface area contributed by atoms with Crippen molar-refractivity contribution in [2.45, 2.75) is 26.1 Å². The summed E-state index contributed by atoms with van der Waals surface area (Å²) < 4.78 is 38.3. The van der Waals surface area contributed by atoms with Crippen LogP contribution in [0.1, 0.15) is 13.8 Å². The molecule has 0 aliphatic carbocycles. The Kier molecular flexibility index (Phi) is 5.36. The van der Waals surface area contributed by atoms with Crippen LogP contribution < -0.4 is 5.73 Å². The summed E-state index contributed by atoms with van der Waals surface area (Å²) in [4.78, 5) is 3.58. The van der Waals surface area contributed by atoms with Crippen molar-refractivity contribution in [2.24, 2.45) is 11.7 Å². The van der Waals surface area contributed by atoms with Crippen LogP contribution in [0.15, 0.2) is 0 Å². The lowest BCUT2D eigenvalue weighted by atomic mass is 10.1. The van der Waals surface area contributed by atoms with Crippen molar-refractivity contribution in [2.75, 3.05) is 32.7 Å². The topological polar surface area (TPSA) is 32.5 Å². The van der Waals surface area contributed by atoms with Gasteiger partial charge < -0.3 is 5.73 Å². The monoisotopic (exact) mass is 283 g/mol. The largest absolute Gasteiger partial charge is 0.399 e.